The van der Waals surface area contributed by atoms with Gasteiger partial charge in [-0.2, -0.15) is 0 Å². The predicted octanol–water partition coefficient (Wildman–Crippen LogP) is 8.12. The van der Waals surface area contributed by atoms with E-state index in [9.17, 15) is 9.50 Å². The molecule has 1 N–H and O–H groups in total. The maximum atomic E-state index is 13.2. The summed E-state index contributed by atoms with van der Waals surface area (Å²) in [5.74, 6) is 1.66. The fraction of sp³-hybridized carbons (Fsp3) is 0.412. The van der Waals surface area contributed by atoms with Gasteiger partial charge in [0.25, 0.3) is 0 Å². The van der Waals surface area contributed by atoms with Crippen LogP contribution in [0.5, 0.6) is 11.5 Å². The number of aryl methyl sites for hydroxylation is 1. The van der Waals surface area contributed by atoms with Gasteiger partial charge in [0.1, 0.15) is 22.9 Å². The molecule has 0 radical (unpaired) electrons. The third kappa shape index (κ3) is 5.66. The van der Waals surface area contributed by atoms with Crippen molar-refractivity contribution >= 4 is 5.57 Å². The molecule has 38 heavy (non-hydrogen) atoms. The number of phenols is 1. The Kier molecular flexibility index (Phi) is 7.63. The van der Waals surface area contributed by atoms with Crippen LogP contribution in [0.3, 0.4) is 0 Å². The molecule has 2 aliphatic rings. The molecular weight excluding hydrogens is 473 g/mol. The number of hydrogen-bond acceptors (Lipinski definition) is 3. The first-order valence-corrected chi connectivity index (χ1v) is 14.0. The Hall–Kier alpha value is -3.11. The van der Waals surface area contributed by atoms with Crippen molar-refractivity contribution in [1.82, 2.24) is 4.90 Å². The lowest BCUT2D eigenvalue weighted by molar-refractivity contribution is 0.129. The quantitative estimate of drug-likeness (QED) is 0.330. The van der Waals surface area contributed by atoms with Crippen molar-refractivity contribution in [2.45, 2.75) is 71.4 Å². The summed E-state index contributed by atoms with van der Waals surface area (Å²) in [4.78, 5) is 2.47. The largest absolute Gasteiger partial charge is 0.507 e. The highest BCUT2D eigenvalue weighted by atomic mass is 19.1. The molecule has 0 aromatic heterocycles. The second-order valence-corrected chi connectivity index (χ2v) is 11.7. The average Bonchev–Trinajstić information content (AvgIpc) is 2.89. The Labute approximate surface area is 227 Å². The number of fused-ring (bicyclic) bond motifs is 2. The highest BCUT2D eigenvalue weighted by Gasteiger charge is 2.39. The minimum Gasteiger partial charge on any atom is -0.507 e. The lowest BCUT2D eigenvalue weighted by atomic mass is 9.79. The zero-order chi connectivity index (χ0) is 26.9. The summed E-state index contributed by atoms with van der Waals surface area (Å²) >= 11 is 0. The van der Waals surface area contributed by atoms with E-state index < -0.39 is 5.60 Å². The highest BCUT2D eigenvalue weighted by Crippen LogP contribution is 2.49. The van der Waals surface area contributed by atoms with Crippen molar-refractivity contribution in [2.24, 2.45) is 5.92 Å². The van der Waals surface area contributed by atoms with Gasteiger partial charge in [0.2, 0.25) is 0 Å². The number of phenolic OH excluding ortho intramolecular Hbond substituents is 1. The summed E-state index contributed by atoms with van der Waals surface area (Å²) < 4.78 is 19.8. The number of nitrogens with zero attached hydrogens (tertiary/aromatic N) is 1. The van der Waals surface area contributed by atoms with E-state index in [1.165, 1.54) is 34.4 Å². The maximum Gasteiger partial charge on any atom is 0.132 e. The highest BCUT2D eigenvalue weighted by molar-refractivity contribution is 5.82. The van der Waals surface area contributed by atoms with E-state index in [4.69, 9.17) is 4.74 Å². The smallest absolute Gasteiger partial charge is 0.132 e. The molecule has 3 aromatic carbocycles. The molecule has 200 valence electrons. The SMILES string of the molecule is CC(CCCc1ccc(F)cc1)C(C)c1cc(O)c2c(c1)OC(C)(C)C1=C2CN(Cc2ccccc2)CC1. The number of ether oxygens (including phenoxy) is 1. The van der Waals surface area contributed by atoms with Crippen molar-refractivity contribution in [2.75, 3.05) is 13.1 Å². The molecule has 2 unspecified atom stereocenters. The van der Waals surface area contributed by atoms with Crippen LogP contribution in [-0.4, -0.2) is 28.7 Å². The number of benzene rings is 3. The zero-order valence-corrected chi connectivity index (χ0v) is 23.1. The molecule has 5 rings (SSSR count). The van der Waals surface area contributed by atoms with Gasteiger partial charge >= 0.3 is 0 Å². The standard InChI is InChI=1S/C34H40FNO2/c1-23(9-8-12-25-13-15-28(35)16-14-25)24(2)27-19-31(37)33-29-22-36(21-26-10-6-5-7-11-26)18-17-30(29)34(3,4)38-32(33)20-27/h5-7,10-11,13-16,19-20,23-24,37H,8-9,12,17-18,21-22H2,1-4H3. The summed E-state index contributed by atoms with van der Waals surface area (Å²) in [6.45, 7) is 11.5. The fourth-order valence-corrected chi connectivity index (χ4v) is 6.15. The Balaban J connectivity index is 1.32. The molecule has 2 heterocycles. The summed E-state index contributed by atoms with van der Waals surface area (Å²) in [5.41, 5.74) is 6.61. The maximum absolute atomic E-state index is 13.2. The van der Waals surface area contributed by atoms with Gasteiger partial charge in [0.15, 0.2) is 0 Å². The van der Waals surface area contributed by atoms with Gasteiger partial charge in [-0.05, 0) is 103 Å². The lowest BCUT2D eigenvalue weighted by Gasteiger charge is -2.42. The van der Waals surface area contributed by atoms with E-state index in [1.807, 2.05) is 18.2 Å². The van der Waals surface area contributed by atoms with Gasteiger partial charge in [-0.3, -0.25) is 4.90 Å². The van der Waals surface area contributed by atoms with Crippen molar-refractivity contribution in [3.05, 3.63) is 100 Å². The van der Waals surface area contributed by atoms with E-state index in [-0.39, 0.29) is 11.7 Å². The molecule has 0 spiro atoms. The molecule has 0 fully saturated rings. The predicted molar refractivity (Wildman–Crippen MR) is 153 cm³/mol. The third-order valence-corrected chi connectivity index (χ3v) is 8.59. The number of aromatic hydroxyl groups is 1. The van der Waals surface area contributed by atoms with Crippen LogP contribution in [0.1, 0.15) is 75.1 Å². The summed E-state index contributed by atoms with van der Waals surface area (Å²) in [5, 5.41) is 11.3. The van der Waals surface area contributed by atoms with Gasteiger partial charge in [-0.15, -0.1) is 0 Å². The molecule has 0 amide bonds. The van der Waals surface area contributed by atoms with Gasteiger partial charge < -0.3 is 9.84 Å². The summed E-state index contributed by atoms with van der Waals surface area (Å²) in [6.07, 6.45) is 4.00. The van der Waals surface area contributed by atoms with Crippen molar-refractivity contribution in [3.63, 3.8) is 0 Å². The van der Waals surface area contributed by atoms with Crippen LogP contribution < -0.4 is 4.74 Å². The van der Waals surface area contributed by atoms with E-state index in [0.717, 1.165) is 62.2 Å². The van der Waals surface area contributed by atoms with Crippen LogP contribution in [0.25, 0.3) is 5.57 Å². The molecule has 0 aliphatic carbocycles. The number of halogens is 1. The summed E-state index contributed by atoms with van der Waals surface area (Å²) in [7, 11) is 0. The first-order chi connectivity index (χ1) is 18.2. The second-order valence-electron chi connectivity index (χ2n) is 11.7. The minimum atomic E-state index is -0.393. The monoisotopic (exact) mass is 513 g/mol. The molecule has 3 aromatic rings. The fourth-order valence-electron chi connectivity index (χ4n) is 6.15. The normalized spacial score (nSPS) is 18.3. The molecular formula is C34H40FNO2. The van der Waals surface area contributed by atoms with Crippen molar-refractivity contribution in [1.29, 1.82) is 0 Å². The van der Waals surface area contributed by atoms with E-state index in [0.29, 0.717) is 11.7 Å². The summed E-state index contributed by atoms with van der Waals surface area (Å²) in [6, 6.07) is 21.5. The molecule has 0 saturated heterocycles. The molecule has 0 bridgehead atoms. The first-order valence-electron chi connectivity index (χ1n) is 14.0. The van der Waals surface area contributed by atoms with Gasteiger partial charge in [-0.1, -0.05) is 56.3 Å². The third-order valence-electron chi connectivity index (χ3n) is 8.59. The molecule has 2 atom stereocenters. The molecule has 3 nitrogen and oxygen atoms in total. The van der Waals surface area contributed by atoms with Crippen molar-refractivity contribution in [3.8, 4) is 11.5 Å². The average molecular weight is 514 g/mol. The van der Waals surface area contributed by atoms with Crippen LogP contribution in [0, 0.1) is 11.7 Å². The van der Waals surface area contributed by atoms with E-state index in [2.05, 4.69) is 69.0 Å². The second kappa shape index (κ2) is 10.9. The van der Waals surface area contributed by atoms with Crippen molar-refractivity contribution < 1.29 is 14.2 Å². The van der Waals surface area contributed by atoms with Gasteiger partial charge in [0, 0.05) is 19.6 Å². The zero-order valence-electron chi connectivity index (χ0n) is 23.1. The van der Waals surface area contributed by atoms with Gasteiger partial charge in [-0.25, -0.2) is 4.39 Å². The lowest BCUT2D eigenvalue weighted by Crippen LogP contribution is -2.42. The number of hydrogen-bond donors (Lipinski definition) is 1. The van der Waals surface area contributed by atoms with E-state index in [1.54, 1.807) is 0 Å². The number of rotatable bonds is 8. The van der Waals surface area contributed by atoms with Crippen LogP contribution in [0.4, 0.5) is 4.39 Å². The van der Waals surface area contributed by atoms with Crippen LogP contribution >= 0.6 is 0 Å². The first kappa shape index (κ1) is 26.5. The Bertz CT molecular complexity index is 1300. The topological polar surface area (TPSA) is 32.7 Å². The van der Waals surface area contributed by atoms with Crippen LogP contribution in [0.15, 0.2) is 72.3 Å². The van der Waals surface area contributed by atoms with Crippen LogP contribution in [0.2, 0.25) is 0 Å². The molecule has 0 saturated carbocycles. The van der Waals surface area contributed by atoms with E-state index >= 15 is 0 Å². The Morgan fingerprint density at radius 1 is 1.00 bits per heavy atom. The Morgan fingerprint density at radius 2 is 1.74 bits per heavy atom. The minimum absolute atomic E-state index is 0.187. The molecule has 2 aliphatic heterocycles. The molecule has 4 heteroatoms. The van der Waals surface area contributed by atoms with Gasteiger partial charge in [0.05, 0.1) is 5.56 Å². The van der Waals surface area contributed by atoms with Crippen LogP contribution in [-0.2, 0) is 13.0 Å². The Morgan fingerprint density at radius 3 is 2.47 bits per heavy atom.